The van der Waals surface area contributed by atoms with Crippen LogP contribution in [-0.4, -0.2) is 37.2 Å². The Kier molecular flexibility index (Phi) is 4.72. The lowest BCUT2D eigenvalue weighted by Crippen LogP contribution is -2.29. The topological polar surface area (TPSA) is 57.6 Å². The maximum absolute atomic E-state index is 11.5. The van der Waals surface area contributed by atoms with Crippen LogP contribution in [0.4, 0.5) is 0 Å². The van der Waals surface area contributed by atoms with Gasteiger partial charge in [-0.15, -0.1) is 11.3 Å². The second-order valence-electron chi connectivity index (χ2n) is 3.05. The Bertz CT molecular complexity index is 415. The molecule has 86 valence electrons. The number of hydrogen-bond donors (Lipinski definition) is 1. The van der Waals surface area contributed by atoms with Crippen molar-refractivity contribution in [2.75, 3.05) is 19.4 Å². The van der Waals surface area contributed by atoms with Crippen molar-refractivity contribution >= 4 is 37.3 Å². The van der Waals surface area contributed by atoms with Gasteiger partial charge in [0, 0.05) is 13.6 Å². The second kappa shape index (κ2) is 5.40. The number of rotatable bonds is 5. The van der Waals surface area contributed by atoms with E-state index in [1.807, 2.05) is 11.4 Å². The van der Waals surface area contributed by atoms with Crippen molar-refractivity contribution in [3.05, 3.63) is 20.8 Å². The molecule has 0 saturated heterocycles. The van der Waals surface area contributed by atoms with Crippen molar-refractivity contribution in [1.82, 2.24) is 4.31 Å². The fourth-order valence-corrected chi connectivity index (χ4v) is 3.14. The van der Waals surface area contributed by atoms with Gasteiger partial charge in [-0.25, -0.2) is 12.7 Å². The number of hydrogen-bond acceptors (Lipinski definition) is 4. The van der Waals surface area contributed by atoms with Crippen LogP contribution in [0.25, 0.3) is 0 Å². The third kappa shape index (κ3) is 3.84. The third-order valence-corrected chi connectivity index (χ3v) is 5.18. The van der Waals surface area contributed by atoms with E-state index in [0.29, 0.717) is 6.54 Å². The first kappa shape index (κ1) is 13.1. The summed E-state index contributed by atoms with van der Waals surface area (Å²) in [5.41, 5.74) is 0.941. The first-order valence-electron chi connectivity index (χ1n) is 4.23. The zero-order chi connectivity index (χ0) is 11.5. The molecule has 7 heteroatoms. The van der Waals surface area contributed by atoms with E-state index in [9.17, 15) is 8.42 Å². The van der Waals surface area contributed by atoms with E-state index in [2.05, 4.69) is 15.9 Å². The molecule has 0 aromatic carbocycles. The van der Waals surface area contributed by atoms with E-state index in [1.54, 1.807) is 0 Å². The average molecular weight is 314 g/mol. The van der Waals surface area contributed by atoms with Crippen molar-refractivity contribution in [3.8, 4) is 0 Å². The molecule has 1 aromatic rings. The maximum atomic E-state index is 11.5. The Morgan fingerprint density at radius 2 is 2.27 bits per heavy atom. The molecule has 0 unspecified atom stereocenters. The lowest BCUT2D eigenvalue weighted by Gasteiger charge is -2.15. The highest BCUT2D eigenvalue weighted by atomic mass is 79.9. The molecular formula is C8H12BrNO3S2. The molecule has 1 heterocycles. The summed E-state index contributed by atoms with van der Waals surface area (Å²) in [7, 11) is -1.82. The Morgan fingerprint density at radius 1 is 1.60 bits per heavy atom. The van der Waals surface area contributed by atoms with Crippen molar-refractivity contribution < 1.29 is 13.5 Å². The fourth-order valence-electron chi connectivity index (χ4n) is 1.06. The van der Waals surface area contributed by atoms with Crippen LogP contribution in [0, 0.1) is 0 Å². The van der Waals surface area contributed by atoms with Gasteiger partial charge in [0.05, 0.1) is 16.1 Å². The van der Waals surface area contributed by atoms with Crippen molar-refractivity contribution in [1.29, 1.82) is 0 Å². The molecule has 0 fully saturated rings. The van der Waals surface area contributed by atoms with Gasteiger partial charge >= 0.3 is 0 Å². The lowest BCUT2D eigenvalue weighted by molar-refractivity contribution is 0.316. The van der Waals surface area contributed by atoms with Gasteiger partial charge in [-0.05, 0) is 32.9 Å². The molecule has 1 aromatic heterocycles. The number of aliphatic hydroxyl groups is 1. The smallest absolute Gasteiger partial charge is 0.216 e. The van der Waals surface area contributed by atoms with Crippen LogP contribution in [0.1, 0.15) is 5.56 Å². The summed E-state index contributed by atoms with van der Waals surface area (Å²) in [4.78, 5) is 0. The number of halogens is 1. The van der Waals surface area contributed by atoms with Gasteiger partial charge in [0.15, 0.2) is 0 Å². The van der Waals surface area contributed by atoms with E-state index in [0.717, 1.165) is 9.35 Å². The average Bonchev–Trinajstić information content (AvgIpc) is 2.51. The van der Waals surface area contributed by atoms with Crippen LogP contribution < -0.4 is 0 Å². The molecule has 0 atom stereocenters. The monoisotopic (exact) mass is 313 g/mol. The zero-order valence-corrected chi connectivity index (χ0v) is 11.4. The predicted octanol–water partition coefficient (Wildman–Crippen LogP) is 1.26. The molecule has 0 bridgehead atoms. The van der Waals surface area contributed by atoms with Gasteiger partial charge in [-0.1, -0.05) is 0 Å². The van der Waals surface area contributed by atoms with Crippen molar-refractivity contribution in [3.63, 3.8) is 0 Å². The van der Waals surface area contributed by atoms with E-state index in [4.69, 9.17) is 5.11 Å². The Labute approximate surface area is 102 Å². The molecule has 0 spiro atoms. The minimum absolute atomic E-state index is 0.227. The molecule has 0 aliphatic rings. The van der Waals surface area contributed by atoms with Gasteiger partial charge < -0.3 is 5.11 Å². The summed E-state index contributed by atoms with van der Waals surface area (Å²) in [6.07, 6.45) is 0. The molecule has 0 saturated carbocycles. The van der Waals surface area contributed by atoms with Gasteiger partial charge in [0.25, 0.3) is 0 Å². The largest absolute Gasteiger partial charge is 0.395 e. The number of sulfonamides is 1. The van der Waals surface area contributed by atoms with E-state index < -0.39 is 10.0 Å². The quantitative estimate of drug-likeness (QED) is 0.890. The second-order valence-corrected chi connectivity index (χ2v) is 7.54. The van der Waals surface area contributed by atoms with Gasteiger partial charge in [-0.3, -0.25) is 0 Å². The summed E-state index contributed by atoms with van der Waals surface area (Å²) >= 11 is 4.83. The highest BCUT2D eigenvalue weighted by Crippen LogP contribution is 2.22. The molecule has 0 amide bonds. The number of thiophene rings is 1. The molecule has 4 nitrogen and oxygen atoms in total. The van der Waals surface area contributed by atoms with E-state index >= 15 is 0 Å². The number of nitrogens with zero attached hydrogens (tertiary/aromatic N) is 1. The first-order valence-corrected chi connectivity index (χ1v) is 7.51. The zero-order valence-electron chi connectivity index (χ0n) is 8.18. The Hall–Kier alpha value is 0.0500. The molecule has 15 heavy (non-hydrogen) atoms. The summed E-state index contributed by atoms with van der Waals surface area (Å²) in [6.45, 7) is -0.00949. The van der Waals surface area contributed by atoms with E-state index in [1.165, 1.54) is 22.7 Å². The van der Waals surface area contributed by atoms with Crippen LogP contribution in [0.5, 0.6) is 0 Å². The van der Waals surface area contributed by atoms with Crippen molar-refractivity contribution in [2.24, 2.45) is 0 Å². The third-order valence-electron chi connectivity index (χ3n) is 1.85. The molecular weight excluding hydrogens is 302 g/mol. The van der Waals surface area contributed by atoms with E-state index in [-0.39, 0.29) is 12.4 Å². The van der Waals surface area contributed by atoms with Gasteiger partial charge in [0.1, 0.15) is 0 Å². The normalized spacial score (nSPS) is 12.3. The Morgan fingerprint density at radius 3 is 2.73 bits per heavy atom. The molecule has 1 rings (SSSR count). The maximum Gasteiger partial charge on any atom is 0.216 e. The van der Waals surface area contributed by atoms with Crippen LogP contribution in [0.2, 0.25) is 0 Å². The molecule has 0 aliphatic carbocycles. The predicted molar refractivity (Wildman–Crippen MR) is 64.4 cm³/mol. The molecule has 1 N–H and O–H groups in total. The van der Waals surface area contributed by atoms with Crippen LogP contribution in [-0.2, 0) is 16.6 Å². The standard InChI is InChI=1S/C8H12BrNO3S2/c1-10(15(12,13)3-2-11)5-7-4-8(9)14-6-7/h4,6,11H,2-3,5H2,1H3. The van der Waals surface area contributed by atoms with Gasteiger partial charge in [-0.2, -0.15) is 0 Å². The minimum Gasteiger partial charge on any atom is -0.395 e. The summed E-state index contributed by atoms with van der Waals surface area (Å²) in [6, 6.07) is 1.88. The highest BCUT2D eigenvalue weighted by Gasteiger charge is 2.17. The highest BCUT2D eigenvalue weighted by molar-refractivity contribution is 9.11. The van der Waals surface area contributed by atoms with Gasteiger partial charge in [0.2, 0.25) is 10.0 Å². The summed E-state index contributed by atoms with van der Waals surface area (Å²) in [5.74, 6) is -0.227. The lowest BCUT2D eigenvalue weighted by atomic mass is 10.3. The van der Waals surface area contributed by atoms with Crippen LogP contribution in [0.3, 0.4) is 0 Å². The first-order chi connectivity index (χ1) is 6.95. The SMILES string of the molecule is CN(Cc1csc(Br)c1)S(=O)(=O)CCO. The van der Waals surface area contributed by atoms with Crippen LogP contribution >= 0.6 is 27.3 Å². The summed E-state index contributed by atoms with van der Waals surface area (Å²) < 4.78 is 25.2. The summed E-state index contributed by atoms with van der Waals surface area (Å²) in [5, 5.41) is 10.5. The molecule has 0 radical (unpaired) electrons. The Balaban J connectivity index is 2.67. The van der Waals surface area contributed by atoms with Crippen LogP contribution in [0.15, 0.2) is 15.2 Å². The minimum atomic E-state index is -3.33. The van der Waals surface area contributed by atoms with Crippen molar-refractivity contribution in [2.45, 2.75) is 6.54 Å². The molecule has 0 aliphatic heterocycles. The number of aliphatic hydroxyl groups excluding tert-OH is 1. The fraction of sp³-hybridized carbons (Fsp3) is 0.500.